The maximum Gasteiger partial charge on any atom is 0.393 e. The van der Waals surface area contributed by atoms with Crippen LogP contribution < -0.4 is 14.8 Å². The van der Waals surface area contributed by atoms with Crippen LogP contribution in [0, 0.1) is 5.92 Å². The summed E-state index contributed by atoms with van der Waals surface area (Å²) in [5.74, 6) is -2.55. The van der Waals surface area contributed by atoms with E-state index in [1.54, 1.807) is 18.2 Å². The highest BCUT2D eigenvalue weighted by molar-refractivity contribution is 5.69. The van der Waals surface area contributed by atoms with Crippen LogP contribution in [0.15, 0.2) is 48.5 Å². The lowest BCUT2D eigenvalue weighted by Gasteiger charge is -2.29. The molecule has 2 aromatic rings. The molecular formula is C21H20F5NO4. The monoisotopic (exact) mass is 445 g/mol. The first-order valence-electron chi connectivity index (χ1n) is 9.39. The number of hydrogen-bond acceptors (Lipinski definition) is 4. The molecule has 0 spiro atoms. The van der Waals surface area contributed by atoms with Crippen molar-refractivity contribution < 1.29 is 41.3 Å². The van der Waals surface area contributed by atoms with Gasteiger partial charge < -0.3 is 19.9 Å². The van der Waals surface area contributed by atoms with Crippen LogP contribution in [0.1, 0.15) is 24.0 Å². The van der Waals surface area contributed by atoms with Gasteiger partial charge >= 0.3 is 18.8 Å². The van der Waals surface area contributed by atoms with Gasteiger partial charge in [-0.1, -0.05) is 30.3 Å². The van der Waals surface area contributed by atoms with E-state index in [0.717, 1.165) is 0 Å². The van der Waals surface area contributed by atoms with Crippen molar-refractivity contribution >= 4 is 5.97 Å². The molecule has 1 aliphatic heterocycles. The fourth-order valence-electron chi connectivity index (χ4n) is 3.70. The van der Waals surface area contributed by atoms with E-state index in [1.807, 2.05) is 0 Å². The third kappa shape index (κ3) is 5.63. The molecule has 0 radical (unpaired) electrons. The van der Waals surface area contributed by atoms with Gasteiger partial charge in [-0.3, -0.25) is 4.79 Å². The van der Waals surface area contributed by atoms with Gasteiger partial charge in [-0.05, 0) is 30.2 Å². The largest absolute Gasteiger partial charge is 0.489 e. The highest BCUT2D eigenvalue weighted by atomic mass is 19.4. The van der Waals surface area contributed by atoms with Crippen molar-refractivity contribution in [3.63, 3.8) is 0 Å². The van der Waals surface area contributed by atoms with Crippen molar-refractivity contribution in [1.29, 1.82) is 0 Å². The summed E-state index contributed by atoms with van der Waals surface area (Å²) in [5, 5.41) is 12.0. The van der Waals surface area contributed by atoms with Crippen LogP contribution in [0.4, 0.5) is 22.0 Å². The maximum absolute atomic E-state index is 13.1. The van der Waals surface area contributed by atoms with Crippen molar-refractivity contribution in [2.24, 2.45) is 5.92 Å². The molecule has 31 heavy (non-hydrogen) atoms. The molecule has 2 atom stereocenters. The highest BCUT2D eigenvalue weighted by Crippen LogP contribution is 2.43. The SMILES string of the molecule is O=C(O)C[C@]1(c2ccc(OCc3ccccc3OC(F)F)cc2)C[C@H](C(F)(F)F)CN1. The molecule has 3 rings (SSSR count). The summed E-state index contributed by atoms with van der Waals surface area (Å²) in [6.45, 7) is -3.42. The Morgan fingerprint density at radius 1 is 1.16 bits per heavy atom. The van der Waals surface area contributed by atoms with Crippen molar-refractivity contribution in [1.82, 2.24) is 5.32 Å². The van der Waals surface area contributed by atoms with E-state index in [2.05, 4.69) is 10.1 Å². The summed E-state index contributed by atoms with van der Waals surface area (Å²) < 4.78 is 74.4. The second-order valence-electron chi connectivity index (χ2n) is 7.28. The molecule has 0 bridgehead atoms. The van der Waals surface area contributed by atoms with E-state index in [1.165, 1.54) is 30.3 Å². The third-order valence-electron chi connectivity index (χ3n) is 5.19. The minimum atomic E-state index is -4.43. The van der Waals surface area contributed by atoms with Crippen molar-refractivity contribution in [3.8, 4) is 11.5 Å². The van der Waals surface area contributed by atoms with Gasteiger partial charge in [0.2, 0.25) is 0 Å². The Kier molecular flexibility index (Phi) is 6.68. The maximum atomic E-state index is 13.1. The first-order valence-corrected chi connectivity index (χ1v) is 9.39. The molecule has 1 saturated heterocycles. The predicted octanol–water partition coefficient (Wildman–Crippen LogP) is 4.71. The Morgan fingerprint density at radius 2 is 1.84 bits per heavy atom. The van der Waals surface area contributed by atoms with Crippen molar-refractivity contribution in [2.75, 3.05) is 6.54 Å². The number of rotatable bonds is 8. The van der Waals surface area contributed by atoms with Gasteiger partial charge in [0, 0.05) is 12.1 Å². The van der Waals surface area contributed by atoms with E-state index < -0.39 is 36.6 Å². The van der Waals surface area contributed by atoms with E-state index >= 15 is 0 Å². The number of carbonyl (C=O) groups is 1. The number of carboxylic acid groups (broad SMARTS) is 1. The van der Waals surface area contributed by atoms with Crippen LogP contribution in [0.3, 0.4) is 0 Å². The van der Waals surface area contributed by atoms with Crippen LogP contribution in [0.5, 0.6) is 11.5 Å². The summed E-state index contributed by atoms with van der Waals surface area (Å²) in [6, 6.07) is 12.1. The quantitative estimate of drug-likeness (QED) is 0.577. The number of carboxylic acids is 1. The summed E-state index contributed by atoms with van der Waals surface area (Å²) in [5.41, 5.74) is -0.558. The number of aliphatic carboxylic acids is 1. The molecule has 0 unspecified atom stereocenters. The van der Waals surface area contributed by atoms with Gasteiger partial charge in [0.25, 0.3) is 0 Å². The molecule has 1 aliphatic rings. The number of nitrogens with one attached hydrogen (secondary N) is 1. The van der Waals surface area contributed by atoms with Crippen molar-refractivity contribution in [2.45, 2.75) is 37.8 Å². The average molecular weight is 445 g/mol. The minimum absolute atomic E-state index is 0.0251. The van der Waals surface area contributed by atoms with E-state index in [9.17, 15) is 31.9 Å². The number of hydrogen-bond donors (Lipinski definition) is 2. The Balaban J connectivity index is 1.74. The molecule has 0 amide bonds. The fourth-order valence-corrected chi connectivity index (χ4v) is 3.70. The van der Waals surface area contributed by atoms with Crippen LogP contribution in [-0.4, -0.2) is 30.4 Å². The third-order valence-corrected chi connectivity index (χ3v) is 5.19. The molecule has 1 fully saturated rings. The average Bonchev–Trinajstić information content (AvgIpc) is 3.12. The second-order valence-corrected chi connectivity index (χ2v) is 7.28. The molecule has 2 aromatic carbocycles. The zero-order chi connectivity index (χ0) is 22.6. The normalized spacial score (nSPS) is 21.3. The first kappa shape index (κ1) is 22.8. The summed E-state index contributed by atoms with van der Waals surface area (Å²) >= 11 is 0. The fraction of sp³-hybridized carbons (Fsp3) is 0.381. The zero-order valence-electron chi connectivity index (χ0n) is 16.2. The van der Waals surface area contributed by atoms with Crippen LogP contribution in [0.2, 0.25) is 0 Å². The molecule has 2 N–H and O–H groups in total. The molecule has 5 nitrogen and oxygen atoms in total. The first-order chi connectivity index (χ1) is 14.6. The lowest BCUT2D eigenvalue weighted by atomic mass is 9.82. The number of alkyl halides is 5. The predicted molar refractivity (Wildman–Crippen MR) is 99.9 cm³/mol. The van der Waals surface area contributed by atoms with Gasteiger partial charge in [-0.15, -0.1) is 0 Å². The lowest BCUT2D eigenvalue weighted by Crippen LogP contribution is -2.38. The summed E-state index contributed by atoms with van der Waals surface area (Å²) in [7, 11) is 0. The van der Waals surface area contributed by atoms with Gasteiger partial charge in [0.05, 0.1) is 17.9 Å². The highest BCUT2D eigenvalue weighted by Gasteiger charge is 2.51. The van der Waals surface area contributed by atoms with Crippen molar-refractivity contribution in [3.05, 3.63) is 59.7 Å². The lowest BCUT2D eigenvalue weighted by molar-refractivity contribution is -0.170. The number of ether oxygens (including phenoxy) is 2. The van der Waals surface area contributed by atoms with Gasteiger partial charge in [-0.25, -0.2) is 0 Å². The molecular weight excluding hydrogens is 425 g/mol. The van der Waals surface area contributed by atoms with Gasteiger partial charge in [-0.2, -0.15) is 22.0 Å². The smallest absolute Gasteiger partial charge is 0.393 e. The molecule has 10 heteroatoms. The number of benzene rings is 2. The Morgan fingerprint density at radius 3 is 2.42 bits per heavy atom. The number of halogens is 5. The second kappa shape index (κ2) is 9.09. The topological polar surface area (TPSA) is 67.8 Å². The molecule has 168 valence electrons. The summed E-state index contributed by atoms with van der Waals surface area (Å²) in [6.07, 6.45) is -5.32. The Hall–Kier alpha value is -2.88. The molecule has 0 aromatic heterocycles. The minimum Gasteiger partial charge on any atom is -0.489 e. The Labute approximate surface area is 174 Å². The van der Waals surface area contributed by atoms with Crippen LogP contribution >= 0.6 is 0 Å². The molecule has 1 heterocycles. The van der Waals surface area contributed by atoms with E-state index in [0.29, 0.717) is 16.9 Å². The summed E-state index contributed by atoms with van der Waals surface area (Å²) in [4.78, 5) is 11.3. The molecule has 0 saturated carbocycles. The standard InChI is InChI=1S/C21H20F5NO4/c22-19(23)31-17-4-2-1-3-13(17)12-30-16-7-5-14(6-8-16)20(10-18(28)29)9-15(11-27-20)21(24,25)26/h1-8,15,19,27H,9-12H2,(H,28,29)/t15-,20-/m0/s1. The zero-order valence-corrected chi connectivity index (χ0v) is 16.2. The number of para-hydroxylation sites is 1. The Bertz CT molecular complexity index is 903. The van der Waals surface area contributed by atoms with Gasteiger partial charge in [0.15, 0.2) is 0 Å². The van der Waals surface area contributed by atoms with Gasteiger partial charge in [0.1, 0.15) is 18.1 Å². The molecule has 0 aliphatic carbocycles. The van der Waals surface area contributed by atoms with E-state index in [-0.39, 0.29) is 25.3 Å². The van der Waals surface area contributed by atoms with Crippen LogP contribution in [0.25, 0.3) is 0 Å². The van der Waals surface area contributed by atoms with Crippen LogP contribution in [-0.2, 0) is 16.9 Å². The van der Waals surface area contributed by atoms with E-state index in [4.69, 9.17) is 4.74 Å².